The van der Waals surface area contributed by atoms with E-state index in [0.29, 0.717) is 11.7 Å². The number of nitrogens with one attached hydrogen (secondary N) is 1. The molecule has 110 valence electrons. The molecule has 0 unspecified atom stereocenters. The second-order valence-electron chi connectivity index (χ2n) is 4.32. The first-order valence-electron chi connectivity index (χ1n) is 5.99. The molecule has 21 heavy (non-hydrogen) atoms. The molecule has 0 saturated heterocycles. The molecule has 0 aliphatic heterocycles. The fourth-order valence-electron chi connectivity index (χ4n) is 1.66. The molecular formula is C12H13N5O4. The van der Waals surface area contributed by atoms with Crippen molar-refractivity contribution in [2.45, 2.75) is 20.4 Å². The van der Waals surface area contributed by atoms with E-state index in [1.807, 2.05) is 0 Å². The number of aromatic nitrogens is 2. The number of aryl methyl sites for hydroxylation is 2. The molecule has 1 amide bonds. The van der Waals surface area contributed by atoms with Crippen LogP contribution < -0.4 is 11.1 Å². The van der Waals surface area contributed by atoms with Crippen molar-refractivity contribution in [2.24, 2.45) is 0 Å². The molecule has 9 heteroatoms. The van der Waals surface area contributed by atoms with Crippen LogP contribution in [0.15, 0.2) is 16.7 Å². The Kier molecular flexibility index (Phi) is 3.83. The number of carbonyl (C=O) groups is 1. The van der Waals surface area contributed by atoms with Gasteiger partial charge in [-0.2, -0.15) is 0 Å². The quantitative estimate of drug-likeness (QED) is 0.635. The number of nitro groups is 1. The monoisotopic (exact) mass is 291 g/mol. The summed E-state index contributed by atoms with van der Waals surface area (Å²) in [6.45, 7) is 3.55. The van der Waals surface area contributed by atoms with Gasteiger partial charge in [-0.25, -0.2) is 9.97 Å². The van der Waals surface area contributed by atoms with Gasteiger partial charge < -0.3 is 15.5 Å². The van der Waals surface area contributed by atoms with E-state index in [0.717, 1.165) is 18.0 Å². The number of pyridine rings is 1. The number of anilines is 1. The van der Waals surface area contributed by atoms with E-state index in [-0.39, 0.29) is 17.9 Å². The maximum atomic E-state index is 12.0. The molecule has 0 fully saturated rings. The van der Waals surface area contributed by atoms with Crippen LogP contribution in [0.5, 0.6) is 0 Å². The van der Waals surface area contributed by atoms with Crippen LogP contribution in [0.25, 0.3) is 0 Å². The van der Waals surface area contributed by atoms with Crippen molar-refractivity contribution in [1.29, 1.82) is 0 Å². The highest BCUT2D eigenvalue weighted by Crippen LogP contribution is 2.19. The Bertz CT molecular complexity index is 690. The highest BCUT2D eigenvalue weighted by atomic mass is 16.6. The summed E-state index contributed by atoms with van der Waals surface area (Å²) in [5.41, 5.74) is 5.60. The first kappa shape index (κ1) is 14.4. The maximum Gasteiger partial charge on any atom is 0.300 e. The Morgan fingerprint density at radius 3 is 2.81 bits per heavy atom. The number of carbonyl (C=O) groups excluding carboxylic acids is 1. The maximum absolute atomic E-state index is 12.0. The summed E-state index contributed by atoms with van der Waals surface area (Å²) in [4.78, 5) is 29.9. The normalized spacial score (nSPS) is 10.4. The number of rotatable bonds is 4. The van der Waals surface area contributed by atoms with Gasteiger partial charge in [-0.05, 0) is 19.9 Å². The molecule has 0 spiro atoms. The van der Waals surface area contributed by atoms with Gasteiger partial charge in [0.2, 0.25) is 5.89 Å². The Labute approximate surface area is 119 Å². The lowest BCUT2D eigenvalue weighted by Crippen LogP contribution is -2.24. The largest absolute Gasteiger partial charge is 0.444 e. The second kappa shape index (κ2) is 5.57. The van der Waals surface area contributed by atoms with Crippen molar-refractivity contribution in [3.8, 4) is 0 Å². The number of nitrogen functional groups attached to an aromatic ring is 1. The van der Waals surface area contributed by atoms with E-state index in [1.54, 1.807) is 13.8 Å². The number of hydrogen-bond acceptors (Lipinski definition) is 7. The van der Waals surface area contributed by atoms with Crippen LogP contribution in [0.2, 0.25) is 0 Å². The summed E-state index contributed by atoms with van der Waals surface area (Å²) >= 11 is 0. The van der Waals surface area contributed by atoms with Crippen molar-refractivity contribution >= 4 is 17.4 Å². The fraction of sp³-hybridized carbons (Fsp3) is 0.250. The zero-order chi connectivity index (χ0) is 15.6. The van der Waals surface area contributed by atoms with Gasteiger partial charge in [0.25, 0.3) is 11.6 Å². The molecule has 2 aromatic rings. The Hall–Kier alpha value is -2.97. The highest BCUT2D eigenvalue weighted by molar-refractivity contribution is 5.98. The predicted molar refractivity (Wildman–Crippen MR) is 72.5 cm³/mol. The fourth-order valence-corrected chi connectivity index (χ4v) is 1.66. The van der Waals surface area contributed by atoms with Crippen LogP contribution in [0.3, 0.4) is 0 Å². The average Bonchev–Trinajstić information content (AvgIpc) is 2.74. The molecule has 0 aliphatic carbocycles. The molecule has 9 nitrogen and oxygen atoms in total. The lowest BCUT2D eigenvalue weighted by molar-refractivity contribution is -0.385. The van der Waals surface area contributed by atoms with Gasteiger partial charge in [-0.3, -0.25) is 14.9 Å². The molecule has 0 aromatic carbocycles. The molecular weight excluding hydrogens is 278 g/mol. The third kappa shape index (κ3) is 3.14. The van der Waals surface area contributed by atoms with Crippen molar-refractivity contribution in [2.75, 3.05) is 5.73 Å². The van der Waals surface area contributed by atoms with Gasteiger partial charge in [-0.15, -0.1) is 0 Å². The van der Waals surface area contributed by atoms with Crippen LogP contribution in [-0.2, 0) is 6.54 Å². The Morgan fingerprint density at radius 2 is 2.24 bits per heavy atom. The standard InChI is InChI=1S/C12H13N5O4/c1-6-7(2)21-11(16-6)5-15-12(18)8-3-10(13)14-4-9(8)17(19)20/h3-4H,5H2,1-2H3,(H2,13,14)(H,15,18). The molecule has 0 radical (unpaired) electrons. The third-order valence-corrected chi connectivity index (χ3v) is 2.82. The summed E-state index contributed by atoms with van der Waals surface area (Å²) in [7, 11) is 0. The molecule has 0 aliphatic rings. The van der Waals surface area contributed by atoms with E-state index >= 15 is 0 Å². The Balaban J connectivity index is 2.16. The summed E-state index contributed by atoms with van der Waals surface area (Å²) in [5, 5.41) is 13.4. The molecule has 0 saturated carbocycles. The van der Waals surface area contributed by atoms with E-state index in [4.69, 9.17) is 10.2 Å². The zero-order valence-electron chi connectivity index (χ0n) is 11.4. The lowest BCUT2D eigenvalue weighted by atomic mass is 10.2. The van der Waals surface area contributed by atoms with Crippen molar-refractivity contribution in [1.82, 2.24) is 15.3 Å². The van der Waals surface area contributed by atoms with E-state index < -0.39 is 16.5 Å². The van der Waals surface area contributed by atoms with Crippen molar-refractivity contribution in [3.63, 3.8) is 0 Å². The minimum Gasteiger partial charge on any atom is -0.444 e. The van der Waals surface area contributed by atoms with Gasteiger partial charge in [-0.1, -0.05) is 0 Å². The first-order valence-corrected chi connectivity index (χ1v) is 5.99. The van der Waals surface area contributed by atoms with Crippen LogP contribution >= 0.6 is 0 Å². The molecule has 0 bridgehead atoms. The Morgan fingerprint density at radius 1 is 1.52 bits per heavy atom. The molecule has 0 atom stereocenters. The zero-order valence-corrected chi connectivity index (χ0v) is 11.4. The molecule has 3 N–H and O–H groups in total. The van der Waals surface area contributed by atoms with Crippen molar-refractivity contribution in [3.05, 3.63) is 45.3 Å². The van der Waals surface area contributed by atoms with Crippen molar-refractivity contribution < 1.29 is 14.1 Å². The topological polar surface area (TPSA) is 137 Å². The first-order chi connectivity index (χ1) is 9.88. The number of amides is 1. The summed E-state index contributed by atoms with van der Waals surface area (Å²) in [5.74, 6) is 0.347. The summed E-state index contributed by atoms with van der Waals surface area (Å²) in [6, 6.07) is 1.15. The number of oxazole rings is 1. The van der Waals surface area contributed by atoms with Gasteiger partial charge in [0.05, 0.1) is 17.2 Å². The minimum absolute atomic E-state index is 0.0207. The van der Waals surface area contributed by atoms with Gasteiger partial charge in [0, 0.05) is 0 Å². The lowest BCUT2D eigenvalue weighted by Gasteiger charge is -2.04. The third-order valence-electron chi connectivity index (χ3n) is 2.82. The van der Waals surface area contributed by atoms with Crippen LogP contribution in [-0.4, -0.2) is 20.8 Å². The second-order valence-corrected chi connectivity index (χ2v) is 4.32. The molecule has 2 aromatic heterocycles. The van der Waals surface area contributed by atoms with Crippen LogP contribution in [0.4, 0.5) is 11.5 Å². The molecule has 2 rings (SSSR count). The number of nitrogens with two attached hydrogens (primary N) is 1. The summed E-state index contributed by atoms with van der Waals surface area (Å²) < 4.78 is 5.31. The SMILES string of the molecule is Cc1nc(CNC(=O)c2cc(N)ncc2[N+](=O)[O-])oc1C. The predicted octanol–water partition coefficient (Wildman–Crippen LogP) is 1.11. The van der Waals surface area contributed by atoms with E-state index in [2.05, 4.69) is 15.3 Å². The minimum atomic E-state index is -0.694. The van der Waals surface area contributed by atoms with Crippen LogP contribution in [0.1, 0.15) is 27.7 Å². The smallest absolute Gasteiger partial charge is 0.300 e. The van der Waals surface area contributed by atoms with Gasteiger partial charge in [0.15, 0.2) is 0 Å². The van der Waals surface area contributed by atoms with E-state index in [9.17, 15) is 14.9 Å². The van der Waals surface area contributed by atoms with Crippen LogP contribution in [0, 0.1) is 24.0 Å². The number of hydrogen-bond donors (Lipinski definition) is 2. The molecule has 2 heterocycles. The summed E-state index contributed by atoms with van der Waals surface area (Å²) in [6.07, 6.45) is 0.948. The average molecular weight is 291 g/mol. The van der Waals surface area contributed by atoms with Gasteiger partial charge in [0.1, 0.15) is 23.3 Å². The van der Waals surface area contributed by atoms with E-state index in [1.165, 1.54) is 0 Å². The number of nitrogens with zero attached hydrogens (tertiary/aromatic N) is 3. The highest BCUT2D eigenvalue weighted by Gasteiger charge is 2.21. The van der Waals surface area contributed by atoms with Gasteiger partial charge >= 0.3 is 0 Å².